The maximum absolute atomic E-state index is 12.2. The van der Waals surface area contributed by atoms with E-state index in [0.717, 1.165) is 19.4 Å². The number of anilines is 1. The summed E-state index contributed by atoms with van der Waals surface area (Å²) in [5, 5.41) is 2.80. The van der Waals surface area contributed by atoms with Gasteiger partial charge in [-0.3, -0.25) is 4.79 Å². The summed E-state index contributed by atoms with van der Waals surface area (Å²) in [5.41, 5.74) is 1.32. The van der Waals surface area contributed by atoms with Gasteiger partial charge in [-0.2, -0.15) is 8.78 Å². The molecule has 1 atom stereocenters. The van der Waals surface area contributed by atoms with E-state index in [1.807, 2.05) is 6.07 Å². The number of hydrogen-bond donors (Lipinski definition) is 1. The van der Waals surface area contributed by atoms with Gasteiger partial charge < -0.3 is 19.5 Å². The highest BCUT2D eigenvalue weighted by Crippen LogP contribution is 2.20. The van der Waals surface area contributed by atoms with Crippen LogP contribution in [0.25, 0.3) is 0 Å². The van der Waals surface area contributed by atoms with E-state index >= 15 is 0 Å². The lowest BCUT2D eigenvalue weighted by Gasteiger charge is -2.12. The van der Waals surface area contributed by atoms with Crippen LogP contribution in [-0.4, -0.2) is 31.8 Å². The minimum Gasteiger partial charge on any atom is -0.491 e. The molecule has 1 aliphatic heterocycles. The summed E-state index contributed by atoms with van der Waals surface area (Å²) in [4.78, 5) is 12.2. The van der Waals surface area contributed by atoms with Crippen LogP contribution in [0.1, 0.15) is 18.4 Å². The van der Waals surface area contributed by atoms with Crippen LogP contribution in [0, 0.1) is 0 Å². The molecule has 1 amide bonds. The number of rotatable bonds is 8. The molecule has 1 saturated heterocycles. The van der Waals surface area contributed by atoms with Gasteiger partial charge in [0, 0.05) is 18.4 Å². The fraction of sp³-hybridized carbons (Fsp3) is 0.350. The summed E-state index contributed by atoms with van der Waals surface area (Å²) in [7, 11) is 0. The second-order valence-electron chi connectivity index (χ2n) is 6.22. The number of amides is 1. The van der Waals surface area contributed by atoms with Crippen LogP contribution in [0.2, 0.25) is 0 Å². The lowest BCUT2D eigenvalue weighted by Crippen LogP contribution is -2.17. The average molecular weight is 377 g/mol. The van der Waals surface area contributed by atoms with Crippen molar-refractivity contribution in [2.24, 2.45) is 0 Å². The fourth-order valence-electron chi connectivity index (χ4n) is 2.81. The van der Waals surface area contributed by atoms with Gasteiger partial charge in [-0.15, -0.1) is 0 Å². The van der Waals surface area contributed by atoms with Crippen molar-refractivity contribution in [3.63, 3.8) is 0 Å². The Labute approximate surface area is 156 Å². The number of carbonyl (C=O) groups is 1. The standard InChI is InChI=1S/C20H21F2NO4/c21-20(22)27-16-8-6-14(7-9-16)11-19(24)23-15-3-1-4-17(12-15)26-13-18-5-2-10-25-18/h1,3-4,6-9,12,18,20H,2,5,10-11,13H2,(H,23,24). The van der Waals surface area contributed by atoms with E-state index < -0.39 is 6.61 Å². The molecular formula is C20H21F2NO4. The van der Waals surface area contributed by atoms with Gasteiger partial charge in [-0.25, -0.2) is 0 Å². The molecular weight excluding hydrogens is 356 g/mol. The Morgan fingerprint density at radius 1 is 1.19 bits per heavy atom. The van der Waals surface area contributed by atoms with Crippen molar-refractivity contribution in [1.29, 1.82) is 0 Å². The molecule has 2 aromatic rings. The molecule has 2 aromatic carbocycles. The van der Waals surface area contributed by atoms with E-state index in [-0.39, 0.29) is 24.2 Å². The van der Waals surface area contributed by atoms with Gasteiger partial charge in [0.2, 0.25) is 5.91 Å². The molecule has 0 aromatic heterocycles. The van der Waals surface area contributed by atoms with E-state index in [4.69, 9.17) is 9.47 Å². The second kappa shape index (κ2) is 9.32. The highest BCUT2D eigenvalue weighted by atomic mass is 19.3. The third-order valence-electron chi connectivity index (χ3n) is 4.09. The molecule has 0 spiro atoms. The number of halogens is 2. The summed E-state index contributed by atoms with van der Waals surface area (Å²) in [5.74, 6) is 0.510. The van der Waals surface area contributed by atoms with Crippen molar-refractivity contribution >= 4 is 11.6 Å². The summed E-state index contributed by atoms with van der Waals surface area (Å²) in [6.07, 6.45) is 2.30. The quantitative estimate of drug-likeness (QED) is 0.755. The molecule has 0 bridgehead atoms. The Kier molecular flexibility index (Phi) is 6.59. The molecule has 3 rings (SSSR count). The number of alkyl halides is 2. The van der Waals surface area contributed by atoms with Crippen LogP contribution in [0.5, 0.6) is 11.5 Å². The summed E-state index contributed by atoms with van der Waals surface area (Å²) >= 11 is 0. The van der Waals surface area contributed by atoms with Gasteiger partial charge in [0.05, 0.1) is 12.5 Å². The van der Waals surface area contributed by atoms with Crippen molar-refractivity contribution in [1.82, 2.24) is 0 Å². The van der Waals surface area contributed by atoms with Gasteiger partial charge in [0.25, 0.3) is 0 Å². The van der Waals surface area contributed by atoms with Gasteiger partial charge in [-0.1, -0.05) is 18.2 Å². The van der Waals surface area contributed by atoms with Crippen LogP contribution in [-0.2, 0) is 16.0 Å². The molecule has 0 radical (unpaired) electrons. The smallest absolute Gasteiger partial charge is 0.387 e. The van der Waals surface area contributed by atoms with Crippen LogP contribution in [0.4, 0.5) is 14.5 Å². The average Bonchev–Trinajstić information content (AvgIpc) is 3.15. The minimum absolute atomic E-state index is 0.0604. The maximum Gasteiger partial charge on any atom is 0.387 e. The molecule has 0 saturated carbocycles. The highest BCUT2D eigenvalue weighted by molar-refractivity contribution is 5.92. The predicted octanol–water partition coefficient (Wildman–Crippen LogP) is 4.03. The zero-order valence-corrected chi connectivity index (χ0v) is 14.7. The summed E-state index contributed by atoms with van der Waals surface area (Å²) in [6.45, 7) is -1.60. The van der Waals surface area contributed by atoms with Crippen molar-refractivity contribution in [2.45, 2.75) is 32.0 Å². The third-order valence-corrected chi connectivity index (χ3v) is 4.09. The second-order valence-corrected chi connectivity index (χ2v) is 6.22. The van der Waals surface area contributed by atoms with Crippen LogP contribution in [0.15, 0.2) is 48.5 Å². The van der Waals surface area contributed by atoms with Crippen molar-refractivity contribution < 1.29 is 27.8 Å². The van der Waals surface area contributed by atoms with Crippen molar-refractivity contribution in [2.75, 3.05) is 18.5 Å². The Balaban J connectivity index is 1.50. The molecule has 144 valence electrons. The largest absolute Gasteiger partial charge is 0.491 e. The molecule has 1 heterocycles. The molecule has 1 aliphatic rings. The monoisotopic (exact) mass is 377 g/mol. The molecule has 7 heteroatoms. The molecule has 0 aliphatic carbocycles. The number of carbonyl (C=O) groups excluding carboxylic acids is 1. The molecule has 27 heavy (non-hydrogen) atoms. The van der Waals surface area contributed by atoms with E-state index in [0.29, 0.717) is 23.6 Å². The summed E-state index contributed by atoms with van der Waals surface area (Å²) < 4.78 is 39.8. The Morgan fingerprint density at radius 2 is 2.00 bits per heavy atom. The fourth-order valence-corrected chi connectivity index (χ4v) is 2.81. The first-order valence-corrected chi connectivity index (χ1v) is 8.76. The van der Waals surface area contributed by atoms with Gasteiger partial charge in [0.1, 0.15) is 18.1 Å². The lowest BCUT2D eigenvalue weighted by molar-refractivity contribution is -0.115. The van der Waals surface area contributed by atoms with Crippen molar-refractivity contribution in [3.05, 3.63) is 54.1 Å². The van der Waals surface area contributed by atoms with Gasteiger partial charge in [0.15, 0.2) is 0 Å². The molecule has 5 nitrogen and oxygen atoms in total. The Hall–Kier alpha value is -2.67. The third kappa shape index (κ3) is 6.21. The molecule has 1 N–H and O–H groups in total. The topological polar surface area (TPSA) is 56.8 Å². The first-order valence-electron chi connectivity index (χ1n) is 8.76. The van der Waals surface area contributed by atoms with Crippen LogP contribution in [0.3, 0.4) is 0 Å². The van der Waals surface area contributed by atoms with E-state index in [9.17, 15) is 13.6 Å². The van der Waals surface area contributed by atoms with Gasteiger partial charge >= 0.3 is 6.61 Å². The number of ether oxygens (including phenoxy) is 3. The van der Waals surface area contributed by atoms with Gasteiger partial charge in [-0.05, 0) is 42.7 Å². The lowest BCUT2D eigenvalue weighted by atomic mass is 10.1. The predicted molar refractivity (Wildman–Crippen MR) is 96.3 cm³/mol. The number of nitrogens with one attached hydrogen (secondary N) is 1. The first kappa shape index (κ1) is 19.1. The molecule has 1 unspecified atom stereocenters. The zero-order valence-electron chi connectivity index (χ0n) is 14.7. The van der Waals surface area contributed by atoms with Crippen molar-refractivity contribution in [3.8, 4) is 11.5 Å². The number of benzene rings is 2. The normalized spacial score (nSPS) is 16.3. The van der Waals surface area contributed by atoms with Crippen LogP contribution < -0.4 is 14.8 Å². The number of hydrogen-bond acceptors (Lipinski definition) is 4. The van der Waals surface area contributed by atoms with E-state index in [1.165, 1.54) is 12.1 Å². The SMILES string of the molecule is O=C(Cc1ccc(OC(F)F)cc1)Nc1cccc(OCC2CCCO2)c1. The van der Waals surface area contributed by atoms with Crippen LogP contribution >= 0.6 is 0 Å². The minimum atomic E-state index is -2.87. The Morgan fingerprint density at radius 3 is 2.70 bits per heavy atom. The molecule has 1 fully saturated rings. The van der Waals surface area contributed by atoms with E-state index in [1.54, 1.807) is 30.3 Å². The highest BCUT2D eigenvalue weighted by Gasteiger charge is 2.16. The van der Waals surface area contributed by atoms with E-state index in [2.05, 4.69) is 10.1 Å². The zero-order chi connectivity index (χ0) is 19.1. The summed E-state index contributed by atoms with van der Waals surface area (Å²) in [6, 6.07) is 13.1. The first-order chi connectivity index (χ1) is 13.1. The Bertz CT molecular complexity index is 746. The maximum atomic E-state index is 12.2.